The molecule has 1 aliphatic rings. The van der Waals surface area contributed by atoms with E-state index < -0.39 is 0 Å². The van der Waals surface area contributed by atoms with Gasteiger partial charge < -0.3 is 9.88 Å². The number of imidazole rings is 1. The van der Waals surface area contributed by atoms with Gasteiger partial charge in [0.15, 0.2) is 0 Å². The summed E-state index contributed by atoms with van der Waals surface area (Å²) in [6, 6.07) is 0.613. The normalized spacial score (nSPS) is 16.6. The van der Waals surface area contributed by atoms with Crippen LogP contribution in [0.1, 0.15) is 63.5 Å². The average molecular weight is 277 g/mol. The Hall–Kier alpha value is -1.32. The first kappa shape index (κ1) is 15.1. The third-order valence-electron chi connectivity index (χ3n) is 4.17. The molecule has 20 heavy (non-hydrogen) atoms. The minimum atomic E-state index is 0.0508. The fourth-order valence-corrected chi connectivity index (χ4v) is 3.02. The molecule has 0 aliphatic heterocycles. The van der Waals surface area contributed by atoms with E-state index in [1.165, 1.54) is 37.8 Å². The monoisotopic (exact) mass is 277 g/mol. The molecule has 0 bridgehead atoms. The maximum absolute atomic E-state index is 11.6. The van der Waals surface area contributed by atoms with Crippen LogP contribution in [0.2, 0.25) is 0 Å². The molecule has 112 valence electrons. The lowest BCUT2D eigenvalue weighted by molar-refractivity contribution is -0.123. The van der Waals surface area contributed by atoms with Crippen molar-refractivity contribution in [2.24, 2.45) is 5.92 Å². The molecule has 1 fully saturated rings. The average Bonchev–Trinajstić information content (AvgIpc) is 2.80. The van der Waals surface area contributed by atoms with Crippen molar-refractivity contribution in [1.82, 2.24) is 14.9 Å². The number of aromatic nitrogens is 2. The first-order valence-electron chi connectivity index (χ1n) is 7.90. The number of carbonyl (C=O) groups excluding carboxylic acids is 1. The summed E-state index contributed by atoms with van der Waals surface area (Å²) in [4.78, 5) is 16.1. The van der Waals surface area contributed by atoms with Gasteiger partial charge in [-0.2, -0.15) is 0 Å². The standard InChI is InChI=1S/C16H27N3O/c1-12(2)16(20)17-10-9-15-18-11-13(3)19(15)14-7-5-4-6-8-14/h11-12,14H,4-10H2,1-3H3,(H,17,20). The highest BCUT2D eigenvalue weighted by Gasteiger charge is 2.19. The second-order valence-corrected chi connectivity index (χ2v) is 6.17. The number of amides is 1. The van der Waals surface area contributed by atoms with Crippen LogP contribution in [0.15, 0.2) is 6.20 Å². The number of hydrogen-bond donors (Lipinski definition) is 1. The number of nitrogens with zero attached hydrogens (tertiary/aromatic N) is 2. The van der Waals surface area contributed by atoms with E-state index >= 15 is 0 Å². The summed E-state index contributed by atoms with van der Waals surface area (Å²) >= 11 is 0. The van der Waals surface area contributed by atoms with Gasteiger partial charge in [0.1, 0.15) is 5.82 Å². The number of aryl methyl sites for hydroxylation is 1. The molecular weight excluding hydrogens is 250 g/mol. The molecule has 0 radical (unpaired) electrons. The molecule has 0 saturated heterocycles. The highest BCUT2D eigenvalue weighted by atomic mass is 16.1. The first-order chi connectivity index (χ1) is 9.59. The van der Waals surface area contributed by atoms with Crippen molar-refractivity contribution >= 4 is 5.91 Å². The largest absolute Gasteiger partial charge is 0.355 e. The number of rotatable bonds is 5. The first-order valence-corrected chi connectivity index (χ1v) is 7.90. The van der Waals surface area contributed by atoms with Crippen molar-refractivity contribution < 1.29 is 4.79 Å². The van der Waals surface area contributed by atoms with E-state index in [1.54, 1.807) is 0 Å². The Bertz CT molecular complexity index is 445. The topological polar surface area (TPSA) is 46.9 Å². The van der Waals surface area contributed by atoms with Crippen LogP contribution in [0.3, 0.4) is 0 Å². The summed E-state index contributed by atoms with van der Waals surface area (Å²) in [5.41, 5.74) is 1.25. The van der Waals surface area contributed by atoms with Gasteiger partial charge in [0.05, 0.1) is 0 Å². The predicted molar refractivity (Wildman–Crippen MR) is 80.6 cm³/mol. The lowest BCUT2D eigenvalue weighted by Gasteiger charge is -2.26. The quantitative estimate of drug-likeness (QED) is 0.899. The summed E-state index contributed by atoms with van der Waals surface area (Å²) in [6.45, 7) is 6.66. The fraction of sp³-hybridized carbons (Fsp3) is 0.750. The Morgan fingerprint density at radius 3 is 2.75 bits per heavy atom. The van der Waals surface area contributed by atoms with Gasteiger partial charge in [0, 0.05) is 36.8 Å². The van der Waals surface area contributed by atoms with Gasteiger partial charge in [-0.05, 0) is 19.8 Å². The van der Waals surface area contributed by atoms with Crippen LogP contribution in [-0.4, -0.2) is 22.0 Å². The van der Waals surface area contributed by atoms with Crippen molar-refractivity contribution in [3.05, 3.63) is 17.7 Å². The van der Waals surface area contributed by atoms with E-state index in [1.807, 2.05) is 20.0 Å². The Labute approximate surface area is 122 Å². The maximum atomic E-state index is 11.6. The molecule has 1 heterocycles. The molecule has 0 unspecified atom stereocenters. The molecule has 0 spiro atoms. The van der Waals surface area contributed by atoms with Crippen molar-refractivity contribution in [2.75, 3.05) is 6.54 Å². The van der Waals surface area contributed by atoms with E-state index in [4.69, 9.17) is 0 Å². The van der Waals surface area contributed by atoms with Gasteiger partial charge >= 0.3 is 0 Å². The van der Waals surface area contributed by atoms with Crippen LogP contribution >= 0.6 is 0 Å². The number of carbonyl (C=O) groups is 1. The van der Waals surface area contributed by atoms with Crippen molar-refractivity contribution in [3.8, 4) is 0 Å². The predicted octanol–water partition coefficient (Wildman–Crippen LogP) is 3.01. The molecule has 1 aromatic rings. The van der Waals surface area contributed by atoms with Crippen LogP contribution in [0, 0.1) is 12.8 Å². The van der Waals surface area contributed by atoms with Gasteiger partial charge in [0.2, 0.25) is 5.91 Å². The van der Waals surface area contributed by atoms with Crippen LogP contribution in [0.25, 0.3) is 0 Å². The van der Waals surface area contributed by atoms with Crippen molar-refractivity contribution in [3.63, 3.8) is 0 Å². The van der Waals surface area contributed by atoms with Gasteiger partial charge in [-0.1, -0.05) is 33.1 Å². The molecule has 4 heteroatoms. The molecular formula is C16H27N3O. The fourth-order valence-electron chi connectivity index (χ4n) is 3.02. The van der Waals surface area contributed by atoms with Crippen molar-refractivity contribution in [1.29, 1.82) is 0 Å². The van der Waals surface area contributed by atoms with Crippen LogP contribution in [-0.2, 0) is 11.2 Å². The summed E-state index contributed by atoms with van der Waals surface area (Å²) in [5.74, 6) is 1.30. The zero-order valence-corrected chi connectivity index (χ0v) is 13.0. The van der Waals surface area contributed by atoms with E-state index in [0.29, 0.717) is 12.6 Å². The SMILES string of the molecule is Cc1cnc(CCNC(=O)C(C)C)n1C1CCCCC1. The highest BCUT2D eigenvalue weighted by molar-refractivity contribution is 5.77. The van der Waals surface area contributed by atoms with Crippen LogP contribution < -0.4 is 5.32 Å². The van der Waals surface area contributed by atoms with E-state index in [2.05, 4.69) is 21.8 Å². The summed E-state index contributed by atoms with van der Waals surface area (Å²) < 4.78 is 2.40. The van der Waals surface area contributed by atoms with Gasteiger partial charge in [0.25, 0.3) is 0 Å². The smallest absolute Gasteiger partial charge is 0.222 e. The second-order valence-electron chi connectivity index (χ2n) is 6.17. The maximum Gasteiger partial charge on any atom is 0.222 e. The molecule has 1 amide bonds. The van der Waals surface area contributed by atoms with Crippen molar-refractivity contribution in [2.45, 2.75) is 65.3 Å². The zero-order chi connectivity index (χ0) is 14.5. The van der Waals surface area contributed by atoms with E-state index in [-0.39, 0.29) is 11.8 Å². The zero-order valence-electron chi connectivity index (χ0n) is 13.0. The van der Waals surface area contributed by atoms with E-state index in [0.717, 1.165) is 12.2 Å². The third kappa shape index (κ3) is 3.62. The number of nitrogens with one attached hydrogen (secondary N) is 1. The molecule has 0 atom stereocenters. The molecule has 1 aromatic heterocycles. The minimum absolute atomic E-state index is 0.0508. The molecule has 0 aromatic carbocycles. The van der Waals surface area contributed by atoms with Crippen LogP contribution in [0.4, 0.5) is 0 Å². The minimum Gasteiger partial charge on any atom is -0.355 e. The molecule has 4 nitrogen and oxygen atoms in total. The lowest BCUT2D eigenvalue weighted by atomic mass is 9.95. The molecule has 1 aliphatic carbocycles. The summed E-state index contributed by atoms with van der Waals surface area (Å²) in [5, 5.41) is 2.98. The lowest BCUT2D eigenvalue weighted by Crippen LogP contribution is -2.30. The van der Waals surface area contributed by atoms with Gasteiger partial charge in [-0.15, -0.1) is 0 Å². The Morgan fingerprint density at radius 2 is 2.10 bits per heavy atom. The highest BCUT2D eigenvalue weighted by Crippen LogP contribution is 2.30. The molecule has 2 rings (SSSR count). The third-order valence-corrected chi connectivity index (χ3v) is 4.17. The number of hydrogen-bond acceptors (Lipinski definition) is 2. The Morgan fingerprint density at radius 1 is 1.40 bits per heavy atom. The molecule has 1 saturated carbocycles. The second kappa shape index (κ2) is 6.91. The summed E-state index contributed by atoms with van der Waals surface area (Å²) in [7, 11) is 0. The van der Waals surface area contributed by atoms with Crippen LogP contribution in [0.5, 0.6) is 0 Å². The Kier molecular flexibility index (Phi) is 5.21. The van der Waals surface area contributed by atoms with Gasteiger partial charge in [-0.25, -0.2) is 4.98 Å². The van der Waals surface area contributed by atoms with E-state index in [9.17, 15) is 4.79 Å². The van der Waals surface area contributed by atoms with Gasteiger partial charge in [-0.3, -0.25) is 4.79 Å². The Balaban J connectivity index is 1.96. The molecule has 1 N–H and O–H groups in total. The summed E-state index contributed by atoms with van der Waals surface area (Å²) in [6.07, 6.45) is 9.34.